The third-order valence-corrected chi connectivity index (χ3v) is 28.9. The van der Waals surface area contributed by atoms with Gasteiger partial charge in [-0.3, -0.25) is 0 Å². The number of benzene rings is 23. The molecule has 6 aromatic heterocycles. The molecule has 0 amide bonds. The summed E-state index contributed by atoms with van der Waals surface area (Å²) in [6, 6.07) is 192. The van der Waals surface area contributed by atoms with Crippen LogP contribution >= 0.6 is 0 Å². The van der Waals surface area contributed by atoms with Crippen LogP contribution < -0.4 is 0 Å². The maximum Gasteiger partial charge on any atom is 0.0715 e. The molecule has 0 fully saturated rings. The van der Waals surface area contributed by atoms with Gasteiger partial charge < -0.3 is 13.7 Å². The molecule has 0 bridgehead atoms. The second kappa shape index (κ2) is 35.2. The van der Waals surface area contributed by atoms with Crippen LogP contribution in [0.25, 0.3) is 270 Å². The number of nitrogens with zero attached hydrogens (tertiary/aromatic N) is 6. The van der Waals surface area contributed by atoms with E-state index in [9.17, 15) is 0 Å². The highest BCUT2D eigenvalue weighted by Gasteiger charge is 2.26. The largest absolute Gasteiger partial charge is 0.309 e. The summed E-state index contributed by atoms with van der Waals surface area (Å²) in [6.45, 7) is 0. The lowest BCUT2D eigenvalue weighted by molar-refractivity contribution is 1.18. The number of rotatable bonds is 12. The first-order valence-electron chi connectivity index (χ1n) is 49.0. The van der Waals surface area contributed by atoms with Crippen LogP contribution in [0.5, 0.6) is 0 Å². The van der Waals surface area contributed by atoms with Crippen molar-refractivity contribution >= 4 is 152 Å². The molecule has 143 heavy (non-hydrogen) atoms. The molecule has 0 radical (unpaired) electrons. The summed E-state index contributed by atoms with van der Waals surface area (Å²) in [4.78, 5) is 15.4. The van der Waals surface area contributed by atoms with Crippen LogP contribution in [0.15, 0.2) is 534 Å². The first kappa shape index (κ1) is 83.4. The molecule has 0 unspecified atom stereocenters. The Labute approximate surface area is 826 Å². The van der Waals surface area contributed by atoms with Gasteiger partial charge >= 0.3 is 0 Å². The van der Waals surface area contributed by atoms with E-state index < -0.39 is 0 Å². The molecule has 29 rings (SSSR count). The van der Waals surface area contributed by atoms with Gasteiger partial charge in [0.2, 0.25) is 0 Å². The zero-order chi connectivity index (χ0) is 94.4. The van der Waals surface area contributed by atoms with E-state index in [0.29, 0.717) is 0 Å². The number of aromatic nitrogens is 6. The van der Waals surface area contributed by atoms with Crippen LogP contribution in [-0.2, 0) is 0 Å². The quantitative estimate of drug-likeness (QED) is 0.122. The van der Waals surface area contributed by atoms with Crippen LogP contribution in [0.4, 0.5) is 0 Å². The van der Waals surface area contributed by atoms with E-state index in [0.717, 1.165) is 107 Å². The molecule has 0 saturated carbocycles. The second-order valence-electron chi connectivity index (χ2n) is 37.1. The summed E-state index contributed by atoms with van der Waals surface area (Å²) in [6.07, 6.45) is 0. The predicted molar refractivity (Wildman–Crippen MR) is 605 cm³/mol. The van der Waals surface area contributed by atoms with Crippen molar-refractivity contribution in [3.05, 3.63) is 534 Å². The van der Waals surface area contributed by atoms with E-state index >= 15 is 0 Å². The van der Waals surface area contributed by atoms with Gasteiger partial charge in [-0.25, -0.2) is 15.0 Å². The Balaban J connectivity index is 0.000000107. The molecule has 6 heteroatoms. The van der Waals surface area contributed by atoms with Gasteiger partial charge in [-0.2, -0.15) is 0 Å². The summed E-state index contributed by atoms with van der Waals surface area (Å²) in [7, 11) is 0. The van der Waals surface area contributed by atoms with Crippen LogP contribution in [-0.4, -0.2) is 28.7 Å². The minimum atomic E-state index is 0.960. The molecule has 0 atom stereocenters. The molecule has 0 aliphatic carbocycles. The standard InChI is InChI=1S/2C47H30N2.C43H28N2/c1-3-15-33(16-4-1)41-28-37(29-42(48-41)34-17-5-2-6-18-34)36-27-35-19-9-10-20-38(35)45(30-36)49-43-25-23-31-13-7-11-21-39(31)46(43)47-40-22-12-8-14-32(40)24-26-44(47)49;1-3-15-33(16-4-1)41-29-35(30-42(48-41)34-17-5-2-6-18-34)36-25-28-43(40-22-12-11-21-39(36)40)49-44-26-23-31-13-7-9-19-37(31)46(44)47-38-20-10-8-14-32(38)24-27-45(47)49;1-3-13-32(14-4-1)38-27-34(28-39(44-38)33-15-5-2-6-16-33)29-19-23-35(24-20-29)45-40-25-21-30-11-7-9-17-36(30)42(40)43-37-18-10-8-12-31(37)22-26-41(43)45/h2*1-30H;1-28H. The maximum atomic E-state index is 5.17. The van der Waals surface area contributed by atoms with Crippen molar-refractivity contribution in [1.82, 2.24) is 28.7 Å². The van der Waals surface area contributed by atoms with Gasteiger partial charge in [0.1, 0.15) is 0 Å². The van der Waals surface area contributed by atoms with Crippen LogP contribution in [0.1, 0.15) is 0 Å². The lowest BCUT2D eigenvalue weighted by Gasteiger charge is -2.16. The van der Waals surface area contributed by atoms with Gasteiger partial charge in [-0.1, -0.05) is 431 Å². The monoisotopic (exact) mass is 1820 g/mol. The molecule has 0 aliphatic rings. The average molecular weight is 1820 g/mol. The summed E-state index contributed by atoms with van der Waals surface area (Å²) in [5.74, 6) is 0. The number of pyridine rings is 3. The highest BCUT2D eigenvalue weighted by Crippen LogP contribution is 2.49. The van der Waals surface area contributed by atoms with Crippen molar-refractivity contribution in [2.24, 2.45) is 0 Å². The summed E-state index contributed by atoms with van der Waals surface area (Å²) < 4.78 is 7.39. The first-order valence-corrected chi connectivity index (χ1v) is 49.0. The molecule has 0 N–H and O–H groups in total. The third-order valence-electron chi connectivity index (χ3n) is 28.9. The summed E-state index contributed by atoms with van der Waals surface area (Å²) in [5, 5.41) is 27.8. The van der Waals surface area contributed by atoms with Gasteiger partial charge in [-0.15, -0.1) is 0 Å². The maximum absolute atomic E-state index is 5.17. The van der Waals surface area contributed by atoms with Crippen molar-refractivity contribution in [2.75, 3.05) is 0 Å². The molecule has 666 valence electrons. The molecular formula is C137H88N6. The van der Waals surface area contributed by atoms with E-state index in [1.807, 2.05) is 12.1 Å². The van der Waals surface area contributed by atoms with Crippen LogP contribution in [0, 0.1) is 0 Å². The summed E-state index contributed by atoms with van der Waals surface area (Å²) in [5.41, 5.74) is 30.1. The Morgan fingerprint density at radius 1 is 0.126 bits per heavy atom. The molecule has 29 aromatic rings. The molecule has 6 heterocycles. The average Bonchev–Trinajstić information content (AvgIpc) is 1.56. The van der Waals surface area contributed by atoms with Gasteiger partial charge in [-0.05, 0) is 212 Å². The fourth-order valence-corrected chi connectivity index (χ4v) is 22.2. The van der Waals surface area contributed by atoms with E-state index in [2.05, 4.69) is 535 Å². The van der Waals surface area contributed by atoms with E-state index in [4.69, 9.17) is 15.0 Å². The molecule has 0 aliphatic heterocycles. The number of hydrogen-bond donors (Lipinski definition) is 0. The molecule has 23 aromatic carbocycles. The fourth-order valence-electron chi connectivity index (χ4n) is 22.2. The van der Waals surface area contributed by atoms with Crippen molar-refractivity contribution in [3.63, 3.8) is 0 Å². The lowest BCUT2D eigenvalue weighted by atomic mass is 9.94. The fraction of sp³-hybridized carbons (Fsp3) is 0. The zero-order valence-electron chi connectivity index (χ0n) is 78.0. The van der Waals surface area contributed by atoms with E-state index in [1.54, 1.807) is 0 Å². The van der Waals surface area contributed by atoms with Crippen molar-refractivity contribution < 1.29 is 0 Å². The minimum Gasteiger partial charge on any atom is -0.309 e. The molecule has 6 nitrogen and oxygen atoms in total. The number of hydrogen-bond acceptors (Lipinski definition) is 3. The van der Waals surface area contributed by atoms with Gasteiger partial charge in [0.25, 0.3) is 0 Å². The Kier molecular flexibility index (Phi) is 20.5. The molecular weight excluding hydrogens is 1730 g/mol. The minimum absolute atomic E-state index is 0.960. The highest BCUT2D eigenvalue weighted by atomic mass is 15.0. The van der Waals surface area contributed by atoms with Crippen molar-refractivity contribution in [3.8, 4) is 118 Å². The normalized spacial score (nSPS) is 11.6. The van der Waals surface area contributed by atoms with E-state index in [1.165, 1.54) is 163 Å². The summed E-state index contributed by atoms with van der Waals surface area (Å²) >= 11 is 0. The zero-order valence-corrected chi connectivity index (χ0v) is 78.0. The van der Waals surface area contributed by atoms with Gasteiger partial charge in [0.05, 0.1) is 78.6 Å². The number of fused-ring (bicyclic) bond motifs is 23. The highest BCUT2D eigenvalue weighted by molar-refractivity contribution is 6.32. The van der Waals surface area contributed by atoms with E-state index in [-0.39, 0.29) is 0 Å². The Bertz CT molecular complexity index is 9620. The first-order chi connectivity index (χ1) is 70.9. The van der Waals surface area contributed by atoms with Crippen molar-refractivity contribution in [1.29, 1.82) is 0 Å². The molecule has 0 saturated heterocycles. The predicted octanol–water partition coefficient (Wildman–Crippen LogP) is 36.8. The third kappa shape index (κ3) is 14.7. The SMILES string of the molecule is c1ccc(-c2cc(-c3cc(-n4c5ccc6ccccc6c5c5c6ccccc6ccc54)c4ccccc4c3)cc(-c3ccccc3)n2)cc1.c1ccc(-c2cc(-c3ccc(-n4c5ccc6ccccc6c5c5c6ccccc6ccc54)c4ccccc34)cc(-c3ccccc3)n2)cc1.c1ccc(-c2cc(-c3ccc(-n4c5ccc6ccccc6c5c5c6ccccc6ccc54)cc3)cc(-c3ccccc3)n2)cc1. The Morgan fingerprint density at radius 3 is 0.678 bits per heavy atom. The smallest absolute Gasteiger partial charge is 0.0715 e. The van der Waals surface area contributed by atoms with Crippen LogP contribution in [0.2, 0.25) is 0 Å². The second-order valence-corrected chi connectivity index (χ2v) is 37.1. The van der Waals surface area contributed by atoms with Gasteiger partial charge in [0.15, 0.2) is 0 Å². The Morgan fingerprint density at radius 2 is 0.364 bits per heavy atom. The topological polar surface area (TPSA) is 53.5 Å². The molecule has 0 spiro atoms. The van der Waals surface area contributed by atoms with Gasteiger partial charge in [0, 0.05) is 82.2 Å². The van der Waals surface area contributed by atoms with Crippen LogP contribution in [0.3, 0.4) is 0 Å². The Hall–Kier alpha value is -19.0. The van der Waals surface area contributed by atoms with Crippen molar-refractivity contribution in [2.45, 2.75) is 0 Å². The lowest BCUT2D eigenvalue weighted by Crippen LogP contribution is -1.97.